The Hall–Kier alpha value is -3.06. The number of benzene rings is 3. The van der Waals surface area contributed by atoms with Crippen molar-refractivity contribution in [1.29, 1.82) is 0 Å². The summed E-state index contributed by atoms with van der Waals surface area (Å²) in [6.07, 6.45) is 0.749. The molecule has 0 bridgehead atoms. The number of nitrogens with one attached hydrogen (secondary N) is 2. The van der Waals surface area contributed by atoms with Gasteiger partial charge in [0.1, 0.15) is 5.75 Å². The van der Waals surface area contributed by atoms with Gasteiger partial charge in [0.25, 0.3) is 5.91 Å². The zero-order valence-electron chi connectivity index (χ0n) is 18.3. The summed E-state index contributed by atoms with van der Waals surface area (Å²) >= 11 is 17.8. The molecule has 0 saturated heterocycles. The predicted molar refractivity (Wildman–Crippen MR) is 137 cm³/mol. The highest BCUT2D eigenvalue weighted by atomic mass is 35.5. The minimum Gasteiger partial charge on any atom is -0.492 e. The van der Waals surface area contributed by atoms with Crippen LogP contribution in [0.1, 0.15) is 35.7 Å². The van der Waals surface area contributed by atoms with Crippen LogP contribution < -0.4 is 15.5 Å². The Kier molecular flexibility index (Phi) is 9.33. The van der Waals surface area contributed by atoms with Gasteiger partial charge in [-0.05, 0) is 73.5 Å². The van der Waals surface area contributed by atoms with Gasteiger partial charge in [-0.3, -0.25) is 9.59 Å². The molecule has 6 nitrogen and oxygen atoms in total. The van der Waals surface area contributed by atoms with Gasteiger partial charge in [0, 0.05) is 27.7 Å². The van der Waals surface area contributed by atoms with Gasteiger partial charge >= 0.3 is 0 Å². The number of hydrogen-bond acceptors (Lipinski definition) is 4. The van der Waals surface area contributed by atoms with Crippen LogP contribution >= 0.6 is 34.8 Å². The van der Waals surface area contributed by atoms with Gasteiger partial charge in [-0.25, -0.2) is 5.43 Å². The minimum atomic E-state index is -0.232. The molecule has 0 heterocycles. The van der Waals surface area contributed by atoms with E-state index in [9.17, 15) is 9.59 Å². The number of nitrogens with zero attached hydrogens (tertiary/aromatic N) is 1. The maximum Gasteiger partial charge on any atom is 0.255 e. The van der Waals surface area contributed by atoms with Gasteiger partial charge in [0.15, 0.2) is 0 Å². The molecule has 2 N–H and O–H groups in total. The van der Waals surface area contributed by atoms with Crippen molar-refractivity contribution in [3.63, 3.8) is 0 Å². The second-order valence-corrected chi connectivity index (χ2v) is 8.58. The van der Waals surface area contributed by atoms with Crippen molar-refractivity contribution >= 4 is 58.0 Å². The molecule has 0 saturated carbocycles. The number of carbonyl (C=O) groups is 2. The van der Waals surface area contributed by atoms with E-state index in [1.165, 1.54) is 0 Å². The maximum absolute atomic E-state index is 12.3. The van der Waals surface area contributed by atoms with E-state index in [0.29, 0.717) is 50.8 Å². The standard InChI is InChI=1S/C25H22Cl3N3O3/c1-16(30-31-24(32)3-2-14-34-23-13-10-20(27)15-22(23)28)17-6-11-21(12-7-17)29-25(33)18-4-8-19(26)9-5-18/h4-13,15H,2-3,14H2,1H3,(H,29,33)(H,31,32). The normalized spacial score (nSPS) is 11.1. The molecule has 3 aromatic carbocycles. The minimum absolute atomic E-state index is 0.225. The number of ether oxygens (including phenoxy) is 1. The van der Waals surface area contributed by atoms with Crippen molar-refractivity contribution in [2.24, 2.45) is 5.10 Å². The highest BCUT2D eigenvalue weighted by Crippen LogP contribution is 2.27. The van der Waals surface area contributed by atoms with E-state index in [4.69, 9.17) is 39.5 Å². The van der Waals surface area contributed by atoms with Crippen LogP contribution in [0, 0.1) is 0 Å². The first-order valence-electron chi connectivity index (χ1n) is 10.4. The monoisotopic (exact) mass is 517 g/mol. The van der Waals surface area contributed by atoms with E-state index < -0.39 is 0 Å². The Balaban J connectivity index is 1.43. The molecule has 2 amide bonds. The molecule has 0 unspecified atom stereocenters. The average Bonchev–Trinajstić information content (AvgIpc) is 2.82. The zero-order chi connectivity index (χ0) is 24.5. The third kappa shape index (κ3) is 7.76. The fraction of sp³-hybridized carbons (Fsp3) is 0.160. The van der Waals surface area contributed by atoms with Gasteiger partial charge < -0.3 is 10.1 Å². The van der Waals surface area contributed by atoms with Crippen LogP contribution in [-0.4, -0.2) is 24.1 Å². The van der Waals surface area contributed by atoms with Gasteiger partial charge in [-0.2, -0.15) is 5.10 Å². The molecule has 0 aliphatic carbocycles. The molecule has 0 spiro atoms. The van der Waals surface area contributed by atoms with E-state index in [0.717, 1.165) is 5.56 Å². The van der Waals surface area contributed by atoms with Crippen LogP contribution in [0.5, 0.6) is 5.75 Å². The smallest absolute Gasteiger partial charge is 0.255 e. The molecule has 3 rings (SSSR count). The Morgan fingerprint density at radius 1 is 0.882 bits per heavy atom. The summed E-state index contributed by atoms with van der Waals surface area (Å²) in [5, 5.41) is 8.49. The fourth-order valence-corrected chi connectivity index (χ4v) is 3.46. The number of hydrazone groups is 1. The quantitative estimate of drug-likeness (QED) is 0.190. The molecule has 0 radical (unpaired) electrons. The molecule has 176 valence electrons. The predicted octanol–water partition coefficient (Wildman–Crippen LogP) is 6.60. The van der Waals surface area contributed by atoms with Crippen LogP contribution in [0.4, 0.5) is 5.69 Å². The summed E-state index contributed by atoms with van der Waals surface area (Å²) in [6, 6.07) is 18.8. The Morgan fingerprint density at radius 3 is 2.21 bits per heavy atom. The third-order valence-electron chi connectivity index (χ3n) is 4.71. The first-order chi connectivity index (χ1) is 16.3. The van der Waals surface area contributed by atoms with Crippen LogP contribution in [0.2, 0.25) is 15.1 Å². The van der Waals surface area contributed by atoms with Crippen LogP contribution in [0.15, 0.2) is 71.8 Å². The number of carbonyl (C=O) groups excluding carboxylic acids is 2. The highest BCUT2D eigenvalue weighted by molar-refractivity contribution is 6.35. The molecule has 3 aromatic rings. The Labute approximate surface area is 212 Å². The average molecular weight is 519 g/mol. The van der Waals surface area contributed by atoms with E-state index >= 15 is 0 Å². The number of anilines is 1. The van der Waals surface area contributed by atoms with E-state index in [1.54, 1.807) is 61.5 Å². The second kappa shape index (κ2) is 12.4. The third-order valence-corrected chi connectivity index (χ3v) is 5.50. The summed E-state index contributed by atoms with van der Waals surface area (Å²) in [6.45, 7) is 2.12. The summed E-state index contributed by atoms with van der Waals surface area (Å²) in [5.74, 6) is 0.0644. The fourth-order valence-electron chi connectivity index (χ4n) is 2.87. The number of hydrogen-bond donors (Lipinski definition) is 2. The van der Waals surface area contributed by atoms with Crippen LogP contribution in [0.25, 0.3) is 0 Å². The first kappa shape index (κ1) is 25.6. The van der Waals surface area contributed by atoms with Gasteiger partial charge in [0.05, 0.1) is 17.3 Å². The lowest BCUT2D eigenvalue weighted by atomic mass is 10.1. The van der Waals surface area contributed by atoms with Crippen molar-refractivity contribution < 1.29 is 14.3 Å². The van der Waals surface area contributed by atoms with Crippen LogP contribution in [0.3, 0.4) is 0 Å². The summed E-state index contributed by atoms with van der Waals surface area (Å²) in [5.41, 5.74) is 5.13. The highest BCUT2D eigenvalue weighted by Gasteiger charge is 2.07. The van der Waals surface area contributed by atoms with Gasteiger partial charge in [-0.1, -0.05) is 46.9 Å². The number of halogens is 3. The molecule has 0 fully saturated rings. The summed E-state index contributed by atoms with van der Waals surface area (Å²) < 4.78 is 5.57. The lowest BCUT2D eigenvalue weighted by Crippen LogP contribution is -2.19. The van der Waals surface area contributed by atoms with Crippen molar-refractivity contribution in [2.75, 3.05) is 11.9 Å². The molecular weight excluding hydrogens is 497 g/mol. The molecule has 0 aliphatic rings. The SMILES string of the molecule is CC(=NNC(=O)CCCOc1ccc(Cl)cc1Cl)c1ccc(NC(=O)c2ccc(Cl)cc2)cc1. The van der Waals surface area contributed by atoms with Crippen molar-refractivity contribution in [1.82, 2.24) is 5.43 Å². The number of rotatable bonds is 9. The molecule has 0 aromatic heterocycles. The van der Waals surface area contributed by atoms with Gasteiger partial charge in [0.2, 0.25) is 5.91 Å². The molecule has 34 heavy (non-hydrogen) atoms. The lowest BCUT2D eigenvalue weighted by molar-refractivity contribution is -0.121. The second-order valence-electron chi connectivity index (χ2n) is 7.30. The van der Waals surface area contributed by atoms with E-state index in [2.05, 4.69) is 15.8 Å². The maximum atomic E-state index is 12.3. The van der Waals surface area contributed by atoms with Crippen molar-refractivity contribution in [3.8, 4) is 5.75 Å². The van der Waals surface area contributed by atoms with E-state index in [1.807, 2.05) is 12.1 Å². The van der Waals surface area contributed by atoms with Gasteiger partial charge in [-0.15, -0.1) is 0 Å². The summed E-state index contributed by atoms with van der Waals surface area (Å²) in [4.78, 5) is 24.4. The molecular formula is C25H22Cl3N3O3. The molecule has 9 heteroatoms. The number of amides is 2. The zero-order valence-corrected chi connectivity index (χ0v) is 20.5. The Morgan fingerprint density at radius 2 is 1.53 bits per heavy atom. The molecule has 0 aliphatic heterocycles. The van der Waals surface area contributed by atoms with Crippen molar-refractivity contribution in [2.45, 2.75) is 19.8 Å². The largest absolute Gasteiger partial charge is 0.492 e. The summed E-state index contributed by atoms with van der Waals surface area (Å²) in [7, 11) is 0. The lowest BCUT2D eigenvalue weighted by Gasteiger charge is -2.08. The Bertz CT molecular complexity index is 1180. The van der Waals surface area contributed by atoms with Crippen LogP contribution in [-0.2, 0) is 4.79 Å². The first-order valence-corrected chi connectivity index (χ1v) is 11.5. The van der Waals surface area contributed by atoms with E-state index in [-0.39, 0.29) is 18.2 Å². The topological polar surface area (TPSA) is 79.8 Å². The van der Waals surface area contributed by atoms with Crippen molar-refractivity contribution in [3.05, 3.63) is 92.9 Å². The molecule has 0 atom stereocenters.